The number of hydrogen-bond acceptors (Lipinski definition) is 5. The van der Waals surface area contributed by atoms with Crippen molar-refractivity contribution in [3.05, 3.63) is 17.7 Å². The Hall–Kier alpha value is -1.89. The van der Waals surface area contributed by atoms with E-state index in [1.165, 1.54) is 26.4 Å². The summed E-state index contributed by atoms with van der Waals surface area (Å²) >= 11 is 1.54. The zero-order chi connectivity index (χ0) is 17.4. The molecule has 0 aliphatic rings. The van der Waals surface area contributed by atoms with Gasteiger partial charge >= 0.3 is 5.97 Å². The highest BCUT2D eigenvalue weighted by molar-refractivity contribution is 7.99. The van der Waals surface area contributed by atoms with Crippen LogP contribution in [0.1, 0.15) is 30.6 Å². The maximum Gasteiger partial charge on any atom is 0.335 e. The number of carboxylic acids is 1. The van der Waals surface area contributed by atoms with Crippen molar-refractivity contribution in [1.82, 2.24) is 0 Å². The number of ether oxygens (including phenoxy) is 2. The van der Waals surface area contributed by atoms with Crippen molar-refractivity contribution in [3.63, 3.8) is 0 Å². The van der Waals surface area contributed by atoms with Gasteiger partial charge in [0.2, 0.25) is 5.91 Å². The monoisotopic (exact) mass is 341 g/mol. The summed E-state index contributed by atoms with van der Waals surface area (Å²) in [5.74, 6) is 1.06. The van der Waals surface area contributed by atoms with Crippen molar-refractivity contribution in [2.45, 2.75) is 20.3 Å². The van der Waals surface area contributed by atoms with Gasteiger partial charge in [0.25, 0.3) is 0 Å². The van der Waals surface area contributed by atoms with E-state index in [9.17, 15) is 9.59 Å². The zero-order valence-corrected chi connectivity index (χ0v) is 14.7. The van der Waals surface area contributed by atoms with Crippen LogP contribution in [0.2, 0.25) is 0 Å². The van der Waals surface area contributed by atoms with Crippen LogP contribution in [-0.4, -0.2) is 42.7 Å². The predicted octanol–water partition coefficient (Wildman–Crippen LogP) is 3.12. The quantitative estimate of drug-likeness (QED) is 0.671. The van der Waals surface area contributed by atoms with Gasteiger partial charge in [0.15, 0.2) is 11.5 Å². The van der Waals surface area contributed by atoms with Crippen molar-refractivity contribution in [1.29, 1.82) is 0 Å². The van der Waals surface area contributed by atoms with Gasteiger partial charge in [-0.15, -0.1) is 0 Å². The van der Waals surface area contributed by atoms with Crippen molar-refractivity contribution in [3.8, 4) is 11.5 Å². The summed E-state index contributed by atoms with van der Waals surface area (Å²) in [7, 11) is 2.85. The lowest BCUT2D eigenvalue weighted by atomic mass is 10.1. The molecule has 0 radical (unpaired) electrons. The van der Waals surface area contributed by atoms with E-state index in [0.717, 1.165) is 12.2 Å². The molecule has 0 aliphatic carbocycles. The molecule has 0 atom stereocenters. The number of amides is 1. The molecule has 0 fully saturated rings. The minimum absolute atomic E-state index is 0.0189. The Morgan fingerprint density at radius 2 is 1.96 bits per heavy atom. The molecule has 0 heterocycles. The SMILES string of the molecule is COc1cc(C(=O)O)cc(NC(=O)CSCCC(C)C)c1OC. The summed E-state index contributed by atoms with van der Waals surface area (Å²) < 4.78 is 10.3. The van der Waals surface area contributed by atoms with Crippen molar-refractivity contribution in [2.75, 3.05) is 31.0 Å². The van der Waals surface area contributed by atoms with E-state index in [0.29, 0.717) is 23.1 Å². The summed E-state index contributed by atoms with van der Waals surface area (Å²) in [6.45, 7) is 4.27. The Kier molecular flexibility index (Phi) is 7.74. The van der Waals surface area contributed by atoms with Crippen LogP contribution in [0.4, 0.5) is 5.69 Å². The molecule has 1 rings (SSSR count). The number of nitrogens with one attached hydrogen (secondary N) is 1. The minimum atomic E-state index is -1.10. The predicted molar refractivity (Wildman–Crippen MR) is 91.9 cm³/mol. The fraction of sp³-hybridized carbons (Fsp3) is 0.500. The maximum absolute atomic E-state index is 12.0. The molecule has 0 bridgehead atoms. The number of anilines is 1. The number of rotatable bonds is 9. The van der Waals surface area contributed by atoms with Crippen LogP contribution >= 0.6 is 11.8 Å². The largest absolute Gasteiger partial charge is 0.493 e. The second-order valence-electron chi connectivity index (χ2n) is 5.35. The van der Waals surface area contributed by atoms with Gasteiger partial charge in [-0.25, -0.2) is 4.79 Å². The molecule has 128 valence electrons. The van der Waals surface area contributed by atoms with E-state index in [1.807, 2.05) is 0 Å². The molecule has 2 N–H and O–H groups in total. The molecule has 1 aromatic carbocycles. The van der Waals surface area contributed by atoms with Crippen molar-refractivity contribution < 1.29 is 24.2 Å². The molecule has 0 saturated carbocycles. The molecule has 1 amide bonds. The molecule has 0 aromatic heterocycles. The summed E-state index contributed by atoms with van der Waals surface area (Å²) in [5.41, 5.74) is 0.309. The van der Waals surface area contributed by atoms with Crippen LogP contribution in [0, 0.1) is 5.92 Å². The van der Waals surface area contributed by atoms with E-state index >= 15 is 0 Å². The number of carboxylic acid groups (broad SMARTS) is 1. The molecule has 0 aliphatic heterocycles. The Bertz CT molecular complexity index is 560. The van der Waals surface area contributed by atoms with Gasteiger partial charge in [-0.1, -0.05) is 13.8 Å². The highest BCUT2D eigenvalue weighted by Gasteiger charge is 2.17. The first kappa shape index (κ1) is 19.2. The third-order valence-electron chi connectivity index (χ3n) is 3.07. The van der Waals surface area contributed by atoms with Crippen molar-refractivity contribution in [2.24, 2.45) is 5.92 Å². The first-order chi connectivity index (χ1) is 10.9. The van der Waals surface area contributed by atoms with Crippen LogP contribution in [0.3, 0.4) is 0 Å². The normalized spacial score (nSPS) is 10.5. The average molecular weight is 341 g/mol. The van der Waals surface area contributed by atoms with Crippen LogP contribution in [0.15, 0.2) is 12.1 Å². The molecule has 0 saturated heterocycles. The Labute approximate surface area is 140 Å². The third-order valence-corrected chi connectivity index (χ3v) is 4.06. The molecular weight excluding hydrogens is 318 g/mol. The molecular formula is C16H23NO5S. The summed E-state index contributed by atoms with van der Waals surface area (Å²) in [4.78, 5) is 23.2. The first-order valence-electron chi connectivity index (χ1n) is 7.26. The topological polar surface area (TPSA) is 84.9 Å². The second-order valence-corrected chi connectivity index (χ2v) is 6.45. The molecule has 0 spiro atoms. The zero-order valence-electron chi connectivity index (χ0n) is 13.8. The fourth-order valence-electron chi connectivity index (χ4n) is 1.85. The summed E-state index contributed by atoms with van der Waals surface area (Å²) in [5, 5.41) is 11.8. The number of benzene rings is 1. The number of aromatic carboxylic acids is 1. The summed E-state index contributed by atoms with van der Waals surface area (Å²) in [6, 6.07) is 2.72. The van der Waals surface area contributed by atoms with Gasteiger partial charge in [0, 0.05) is 0 Å². The van der Waals surface area contributed by atoms with Crippen LogP contribution in [0.5, 0.6) is 11.5 Å². The van der Waals surface area contributed by atoms with Gasteiger partial charge in [-0.05, 0) is 30.2 Å². The van der Waals surface area contributed by atoms with E-state index in [-0.39, 0.29) is 17.2 Å². The van der Waals surface area contributed by atoms with Gasteiger partial charge < -0.3 is 19.9 Å². The van der Waals surface area contributed by atoms with E-state index in [1.54, 1.807) is 11.8 Å². The van der Waals surface area contributed by atoms with Crippen molar-refractivity contribution >= 4 is 29.3 Å². The van der Waals surface area contributed by atoms with Gasteiger partial charge in [-0.2, -0.15) is 11.8 Å². The Balaban J connectivity index is 2.83. The molecule has 23 heavy (non-hydrogen) atoms. The second kappa shape index (κ2) is 9.29. The van der Waals surface area contributed by atoms with Crippen LogP contribution in [0.25, 0.3) is 0 Å². The first-order valence-corrected chi connectivity index (χ1v) is 8.41. The fourth-order valence-corrected chi connectivity index (χ4v) is 2.89. The van der Waals surface area contributed by atoms with Crippen LogP contribution in [-0.2, 0) is 4.79 Å². The minimum Gasteiger partial charge on any atom is -0.493 e. The lowest BCUT2D eigenvalue weighted by Gasteiger charge is -2.14. The van der Waals surface area contributed by atoms with Crippen LogP contribution < -0.4 is 14.8 Å². The maximum atomic E-state index is 12.0. The smallest absolute Gasteiger partial charge is 0.335 e. The highest BCUT2D eigenvalue weighted by Crippen LogP contribution is 2.36. The Morgan fingerprint density at radius 3 is 2.48 bits per heavy atom. The number of carbonyl (C=O) groups excluding carboxylic acids is 1. The standard InChI is InChI=1S/C16H23NO5S/c1-10(2)5-6-23-9-14(18)17-12-7-11(16(19)20)8-13(21-3)15(12)22-4/h7-8,10H,5-6,9H2,1-4H3,(H,17,18)(H,19,20). The number of hydrogen-bond donors (Lipinski definition) is 2. The average Bonchev–Trinajstić information content (AvgIpc) is 2.50. The number of methoxy groups -OCH3 is 2. The molecule has 0 unspecified atom stereocenters. The molecule has 6 nitrogen and oxygen atoms in total. The highest BCUT2D eigenvalue weighted by atomic mass is 32.2. The lowest BCUT2D eigenvalue weighted by molar-refractivity contribution is -0.113. The van der Waals surface area contributed by atoms with Gasteiger partial charge in [0.05, 0.1) is 31.2 Å². The third kappa shape index (κ3) is 6.02. The summed E-state index contributed by atoms with van der Waals surface area (Å²) in [6.07, 6.45) is 1.05. The van der Waals surface area contributed by atoms with E-state index in [4.69, 9.17) is 14.6 Å². The molecule has 7 heteroatoms. The van der Waals surface area contributed by atoms with E-state index in [2.05, 4.69) is 19.2 Å². The van der Waals surface area contributed by atoms with Gasteiger partial charge in [-0.3, -0.25) is 4.79 Å². The molecule has 1 aromatic rings. The number of thioether (sulfide) groups is 1. The van der Waals surface area contributed by atoms with Gasteiger partial charge in [0.1, 0.15) is 0 Å². The number of carbonyl (C=O) groups is 2. The van der Waals surface area contributed by atoms with E-state index < -0.39 is 5.97 Å². The lowest BCUT2D eigenvalue weighted by Crippen LogP contribution is -2.16. The Morgan fingerprint density at radius 1 is 1.26 bits per heavy atom.